The summed E-state index contributed by atoms with van der Waals surface area (Å²) in [5.74, 6) is -0.904. The van der Waals surface area contributed by atoms with E-state index in [1.165, 1.54) is 19.3 Å². The smallest absolute Gasteiger partial charge is 0.293 e. The summed E-state index contributed by atoms with van der Waals surface area (Å²) in [6.07, 6.45) is 4.71. The van der Waals surface area contributed by atoms with Crippen molar-refractivity contribution in [2.24, 2.45) is 0 Å². The van der Waals surface area contributed by atoms with Gasteiger partial charge in [0, 0.05) is 6.42 Å². The van der Waals surface area contributed by atoms with Crippen LogP contribution in [0, 0.1) is 0 Å². The molecular weight excluding hydrogens is 186 g/mol. The van der Waals surface area contributed by atoms with E-state index < -0.39 is 12.2 Å². The van der Waals surface area contributed by atoms with Crippen molar-refractivity contribution in [2.45, 2.75) is 64.7 Å². The van der Waals surface area contributed by atoms with Gasteiger partial charge in [0.15, 0.2) is 5.78 Å². The highest BCUT2D eigenvalue weighted by atomic mass is 19.3. The Balaban J connectivity index is 3.10. The minimum atomic E-state index is -2.77. The summed E-state index contributed by atoms with van der Waals surface area (Å²) in [7, 11) is 0. The highest BCUT2D eigenvalue weighted by Crippen LogP contribution is 2.10. The molecule has 0 fully saturated rings. The number of rotatable bonds is 9. The zero-order valence-electron chi connectivity index (χ0n) is 8.90. The van der Waals surface area contributed by atoms with Gasteiger partial charge in [-0.25, -0.2) is 8.78 Å². The van der Waals surface area contributed by atoms with Crippen molar-refractivity contribution in [2.75, 3.05) is 0 Å². The lowest BCUT2D eigenvalue weighted by molar-refractivity contribution is -0.129. The minimum absolute atomic E-state index is 0.0471. The normalized spacial score (nSPS) is 10.9. The zero-order valence-corrected chi connectivity index (χ0v) is 8.90. The molecule has 84 valence electrons. The van der Waals surface area contributed by atoms with E-state index in [0.717, 1.165) is 19.3 Å². The van der Waals surface area contributed by atoms with Crippen molar-refractivity contribution in [1.82, 2.24) is 0 Å². The highest BCUT2D eigenvalue weighted by Gasteiger charge is 2.13. The van der Waals surface area contributed by atoms with Gasteiger partial charge in [-0.1, -0.05) is 45.4 Å². The molecule has 0 bridgehead atoms. The number of Topliss-reactive ketones (excluding diaryl/α,β-unsaturated/α-hetero) is 1. The average molecular weight is 206 g/mol. The number of alkyl halides is 2. The number of unbranched alkanes of at least 4 members (excludes halogenated alkanes) is 6. The van der Waals surface area contributed by atoms with Gasteiger partial charge in [-0.05, 0) is 6.42 Å². The first kappa shape index (κ1) is 13.5. The first-order valence-corrected chi connectivity index (χ1v) is 5.49. The molecule has 3 heteroatoms. The molecule has 0 spiro atoms. The van der Waals surface area contributed by atoms with E-state index >= 15 is 0 Å². The van der Waals surface area contributed by atoms with E-state index in [2.05, 4.69) is 6.92 Å². The van der Waals surface area contributed by atoms with Crippen LogP contribution in [-0.2, 0) is 4.79 Å². The molecule has 0 rings (SSSR count). The quantitative estimate of drug-likeness (QED) is 0.522. The lowest BCUT2D eigenvalue weighted by Gasteiger charge is -2.00. The Hall–Kier alpha value is -0.470. The van der Waals surface area contributed by atoms with Crippen LogP contribution < -0.4 is 0 Å². The molecule has 0 unspecified atom stereocenters. The Morgan fingerprint density at radius 3 is 2.00 bits per heavy atom. The van der Waals surface area contributed by atoms with Crippen molar-refractivity contribution in [3.63, 3.8) is 0 Å². The monoisotopic (exact) mass is 206 g/mol. The summed E-state index contributed by atoms with van der Waals surface area (Å²) in [6.45, 7) is 2.15. The van der Waals surface area contributed by atoms with E-state index in [4.69, 9.17) is 0 Å². The van der Waals surface area contributed by atoms with Crippen LogP contribution in [0.15, 0.2) is 0 Å². The first-order valence-electron chi connectivity index (χ1n) is 5.49. The molecule has 0 aromatic heterocycles. The Kier molecular flexibility index (Phi) is 8.79. The third kappa shape index (κ3) is 8.14. The first-order chi connectivity index (χ1) is 6.68. The van der Waals surface area contributed by atoms with Crippen LogP contribution in [0.1, 0.15) is 58.3 Å². The third-order valence-corrected chi connectivity index (χ3v) is 2.27. The van der Waals surface area contributed by atoms with Gasteiger partial charge in [0.2, 0.25) is 0 Å². The summed E-state index contributed by atoms with van der Waals surface area (Å²) < 4.78 is 23.5. The third-order valence-electron chi connectivity index (χ3n) is 2.27. The van der Waals surface area contributed by atoms with E-state index in [-0.39, 0.29) is 6.42 Å². The molecule has 0 aromatic rings. The van der Waals surface area contributed by atoms with Gasteiger partial charge in [-0.15, -0.1) is 0 Å². The molecule has 0 N–H and O–H groups in total. The molecular formula is C11H20F2O. The van der Waals surface area contributed by atoms with Crippen LogP contribution in [-0.4, -0.2) is 12.2 Å². The second kappa shape index (κ2) is 9.10. The van der Waals surface area contributed by atoms with Crippen LogP contribution in [0.5, 0.6) is 0 Å². The molecule has 0 aliphatic rings. The molecule has 14 heavy (non-hydrogen) atoms. The van der Waals surface area contributed by atoms with Crippen molar-refractivity contribution in [1.29, 1.82) is 0 Å². The lowest BCUT2D eigenvalue weighted by Crippen LogP contribution is -2.08. The van der Waals surface area contributed by atoms with Crippen LogP contribution in [0.25, 0.3) is 0 Å². The molecule has 0 aliphatic carbocycles. The molecule has 0 saturated carbocycles. The summed E-state index contributed by atoms with van der Waals surface area (Å²) >= 11 is 0. The van der Waals surface area contributed by atoms with Gasteiger partial charge in [-0.2, -0.15) is 0 Å². The zero-order chi connectivity index (χ0) is 10.8. The summed E-state index contributed by atoms with van der Waals surface area (Å²) in [5.41, 5.74) is 0. The van der Waals surface area contributed by atoms with E-state index in [0.29, 0.717) is 6.42 Å². The van der Waals surface area contributed by atoms with Crippen molar-refractivity contribution >= 4 is 5.78 Å². The van der Waals surface area contributed by atoms with E-state index in [1.807, 2.05) is 0 Å². The SMILES string of the molecule is CCCCCCCCCC(=O)C(F)F. The predicted octanol–water partition coefficient (Wildman–Crippen LogP) is 3.96. The van der Waals surface area contributed by atoms with Gasteiger partial charge < -0.3 is 0 Å². The van der Waals surface area contributed by atoms with Crippen molar-refractivity contribution in [3.8, 4) is 0 Å². The predicted molar refractivity (Wildman–Crippen MR) is 53.6 cm³/mol. The van der Waals surface area contributed by atoms with Gasteiger partial charge in [0.05, 0.1) is 0 Å². The van der Waals surface area contributed by atoms with Gasteiger partial charge in [0.25, 0.3) is 6.43 Å². The number of hydrogen-bond donors (Lipinski definition) is 0. The second-order valence-electron chi connectivity index (χ2n) is 3.64. The fourth-order valence-electron chi connectivity index (χ4n) is 1.37. The lowest BCUT2D eigenvalue weighted by atomic mass is 10.1. The number of carbonyl (C=O) groups excluding carboxylic acids is 1. The van der Waals surface area contributed by atoms with Crippen molar-refractivity contribution in [3.05, 3.63) is 0 Å². The fourth-order valence-corrected chi connectivity index (χ4v) is 1.37. The maximum atomic E-state index is 11.8. The second-order valence-corrected chi connectivity index (χ2v) is 3.64. The van der Waals surface area contributed by atoms with Crippen LogP contribution in [0.4, 0.5) is 8.78 Å². The Morgan fingerprint density at radius 2 is 1.50 bits per heavy atom. The maximum Gasteiger partial charge on any atom is 0.295 e. The molecule has 0 amide bonds. The number of ketones is 1. The fraction of sp³-hybridized carbons (Fsp3) is 0.909. The standard InChI is InChI=1S/C11H20F2O/c1-2-3-4-5-6-7-8-9-10(14)11(12)13/h11H,2-9H2,1H3. The van der Waals surface area contributed by atoms with Gasteiger partial charge in [-0.3, -0.25) is 4.79 Å². The number of hydrogen-bond acceptors (Lipinski definition) is 1. The van der Waals surface area contributed by atoms with Crippen molar-refractivity contribution < 1.29 is 13.6 Å². The molecule has 0 heterocycles. The maximum absolute atomic E-state index is 11.8. The van der Waals surface area contributed by atoms with E-state index in [9.17, 15) is 13.6 Å². The summed E-state index contributed by atoms with van der Waals surface area (Å²) in [4.78, 5) is 10.5. The van der Waals surface area contributed by atoms with Crippen LogP contribution in [0.3, 0.4) is 0 Å². The topological polar surface area (TPSA) is 17.1 Å². The molecule has 0 aliphatic heterocycles. The highest BCUT2D eigenvalue weighted by molar-refractivity contribution is 5.81. The Morgan fingerprint density at radius 1 is 1.00 bits per heavy atom. The van der Waals surface area contributed by atoms with Crippen LogP contribution in [0.2, 0.25) is 0 Å². The van der Waals surface area contributed by atoms with Gasteiger partial charge in [0.1, 0.15) is 0 Å². The molecule has 0 saturated heterocycles. The van der Waals surface area contributed by atoms with E-state index in [1.54, 1.807) is 0 Å². The Bertz CT molecular complexity index is 146. The summed E-state index contributed by atoms with van der Waals surface area (Å²) in [6, 6.07) is 0. The molecule has 0 atom stereocenters. The largest absolute Gasteiger partial charge is 0.295 e. The van der Waals surface area contributed by atoms with Crippen LogP contribution >= 0.6 is 0 Å². The van der Waals surface area contributed by atoms with Gasteiger partial charge >= 0.3 is 0 Å². The minimum Gasteiger partial charge on any atom is -0.293 e. The average Bonchev–Trinajstić information content (AvgIpc) is 2.16. The molecule has 1 nitrogen and oxygen atoms in total. The summed E-state index contributed by atoms with van der Waals surface area (Å²) in [5, 5.41) is 0. The molecule has 0 aromatic carbocycles. The number of carbonyl (C=O) groups is 1. The molecule has 0 radical (unpaired) electrons. The Labute approximate surface area is 84.9 Å². The number of halogens is 2.